The fourth-order valence-corrected chi connectivity index (χ4v) is 1.59. The lowest BCUT2D eigenvalue weighted by atomic mass is 10.0. The Kier molecular flexibility index (Phi) is 2.11. The van der Waals surface area contributed by atoms with E-state index in [1.807, 2.05) is 0 Å². The van der Waals surface area contributed by atoms with Crippen molar-refractivity contribution in [2.45, 2.75) is 5.92 Å². The minimum atomic E-state index is 0.228. The van der Waals surface area contributed by atoms with Crippen LogP contribution in [0.4, 0.5) is 0 Å². The lowest BCUT2D eigenvalue weighted by Gasteiger charge is -2.23. The molecule has 0 unspecified atom stereocenters. The molecular formula is C11H11N3O2. The molecule has 3 rings (SSSR count). The number of phenols is 1. The highest BCUT2D eigenvalue weighted by molar-refractivity contribution is 5.54. The van der Waals surface area contributed by atoms with Crippen LogP contribution in [0.1, 0.15) is 11.7 Å². The number of aromatic hydroxyl groups is 1. The second-order valence-electron chi connectivity index (χ2n) is 3.86. The fraction of sp³-hybridized carbons (Fsp3) is 0.273. The molecule has 0 aliphatic carbocycles. The number of hydrogen-bond donors (Lipinski definition) is 2. The second-order valence-corrected chi connectivity index (χ2v) is 3.86. The molecule has 0 saturated carbocycles. The molecule has 1 aliphatic rings. The summed E-state index contributed by atoms with van der Waals surface area (Å²) >= 11 is 0. The summed E-state index contributed by atoms with van der Waals surface area (Å²) in [4.78, 5) is 4.33. The van der Waals surface area contributed by atoms with Crippen molar-refractivity contribution in [1.82, 2.24) is 15.5 Å². The molecule has 0 radical (unpaired) electrons. The number of phenolic OH excluding ortho intramolecular Hbond substituents is 1. The summed E-state index contributed by atoms with van der Waals surface area (Å²) < 4.78 is 5.18. The second kappa shape index (κ2) is 3.61. The topological polar surface area (TPSA) is 71.2 Å². The molecule has 5 nitrogen and oxygen atoms in total. The highest BCUT2D eigenvalue weighted by atomic mass is 16.5. The van der Waals surface area contributed by atoms with Gasteiger partial charge in [0.1, 0.15) is 5.75 Å². The van der Waals surface area contributed by atoms with Gasteiger partial charge in [0, 0.05) is 24.6 Å². The van der Waals surface area contributed by atoms with Gasteiger partial charge in [-0.3, -0.25) is 0 Å². The molecular weight excluding hydrogens is 206 g/mol. The first-order valence-electron chi connectivity index (χ1n) is 5.16. The normalized spacial score (nSPS) is 16.0. The van der Waals surface area contributed by atoms with E-state index in [1.165, 1.54) is 0 Å². The zero-order valence-corrected chi connectivity index (χ0v) is 8.55. The predicted octanol–water partition coefficient (Wildman–Crippen LogP) is 1.13. The van der Waals surface area contributed by atoms with E-state index < -0.39 is 0 Å². The van der Waals surface area contributed by atoms with E-state index in [1.54, 1.807) is 24.3 Å². The molecule has 5 heteroatoms. The van der Waals surface area contributed by atoms with Gasteiger partial charge in [0.05, 0.1) is 0 Å². The van der Waals surface area contributed by atoms with Gasteiger partial charge in [-0.25, -0.2) is 0 Å². The molecule has 2 N–H and O–H groups in total. The Morgan fingerprint density at radius 1 is 1.25 bits per heavy atom. The molecule has 0 spiro atoms. The number of hydrogen-bond acceptors (Lipinski definition) is 5. The Bertz CT molecular complexity index is 488. The molecule has 1 aliphatic heterocycles. The first-order valence-corrected chi connectivity index (χ1v) is 5.16. The summed E-state index contributed by atoms with van der Waals surface area (Å²) in [6.45, 7) is 1.82. The molecule has 1 aromatic carbocycles. The minimum absolute atomic E-state index is 0.228. The first kappa shape index (κ1) is 9.35. The van der Waals surface area contributed by atoms with Crippen molar-refractivity contribution in [1.29, 1.82) is 0 Å². The Balaban J connectivity index is 1.88. The Labute approximate surface area is 92.1 Å². The fourth-order valence-electron chi connectivity index (χ4n) is 1.59. The van der Waals surface area contributed by atoms with Crippen LogP contribution in [0.5, 0.6) is 5.75 Å². The average Bonchev–Trinajstić information content (AvgIpc) is 2.65. The lowest BCUT2D eigenvalue weighted by molar-refractivity contribution is 0.382. The maximum Gasteiger partial charge on any atom is 0.257 e. The van der Waals surface area contributed by atoms with Gasteiger partial charge in [-0.2, -0.15) is 4.98 Å². The maximum atomic E-state index is 9.17. The van der Waals surface area contributed by atoms with Gasteiger partial charge in [0.15, 0.2) is 5.82 Å². The summed E-state index contributed by atoms with van der Waals surface area (Å²) in [5.74, 6) is 1.85. The molecule has 1 aromatic heterocycles. The summed E-state index contributed by atoms with van der Waals surface area (Å²) in [6.07, 6.45) is 0. The largest absolute Gasteiger partial charge is 0.508 e. The van der Waals surface area contributed by atoms with Gasteiger partial charge in [0.25, 0.3) is 5.89 Å². The minimum Gasteiger partial charge on any atom is -0.508 e. The molecule has 1 saturated heterocycles. The van der Waals surface area contributed by atoms with Crippen LogP contribution < -0.4 is 5.32 Å². The van der Waals surface area contributed by atoms with E-state index in [0.717, 1.165) is 24.5 Å². The standard InChI is InChI=1S/C11H11N3O2/c15-9-3-1-7(2-4-9)11-13-10(14-16-11)8-5-12-6-8/h1-4,8,12,15H,5-6H2. The molecule has 1 fully saturated rings. The Morgan fingerprint density at radius 3 is 2.62 bits per heavy atom. The SMILES string of the molecule is Oc1ccc(-c2nc(C3CNC3)no2)cc1. The molecule has 0 bridgehead atoms. The van der Waals surface area contributed by atoms with Crippen LogP contribution in [0.25, 0.3) is 11.5 Å². The molecule has 0 atom stereocenters. The zero-order valence-electron chi connectivity index (χ0n) is 8.55. The highest BCUT2D eigenvalue weighted by Crippen LogP contribution is 2.23. The molecule has 0 amide bonds. The van der Waals surface area contributed by atoms with E-state index in [9.17, 15) is 0 Å². The van der Waals surface area contributed by atoms with Crippen molar-refractivity contribution in [2.24, 2.45) is 0 Å². The van der Waals surface area contributed by atoms with Gasteiger partial charge in [-0.1, -0.05) is 5.16 Å². The third-order valence-electron chi connectivity index (χ3n) is 2.70. The number of rotatable bonds is 2. The Morgan fingerprint density at radius 2 is 2.00 bits per heavy atom. The predicted molar refractivity (Wildman–Crippen MR) is 57.0 cm³/mol. The van der Waals surface area contributed by atoms with Crippen LogP contribution in [-0.4, -0.2) is 28.3 Å². The summed E-state index contributed by atoms with van der Waals surface area (Å²) in [5.41, 5.74) is 0.823. The van der Waals surface area contributed by atoms with Crippen molar-refractivity contribution in [3.63, 3.8) is 0 Å². The van der Waals surface area contributed by atoms with Crippen LogP contribution in [0.3, 0.4) is 0 Å². The summed E-state index contributed by atoms with van der Waals surface area (Å²) in [6, 6.07) is 6.71. The van der Waals surface area contributed by atoms with E-state index in [2.05, 4.69) is 15.5 Å². The van der Waals surface area contributed by atoms with E-state index in [4.69, 9.17) is 9.63 Å². The van der Waals surface area contributed by atoms with Gasteiger partial charge >= 0.3 is 0 Å². The third-order valence-corrected chi connectivity index (χ3v) is 2.70. The van der Waals surface area contributed by atoms with Crippen molar-refractivity contribution >= 4 is 0 Å². The van der Waals surface area contributed by atoms with Crippen molar-refractivity contribution in [3.8, 4) is 17.2 Å². The number of nitrogens with one attached hydrogen (secondary N) is 1. The van der Waals surface area contributed by atoms with Gasteiger partial charge in [0.2, 0.25) is 0 Å². The summed E-state index contributed by atoms with van der Waals surface area (Å²) in [5, 5.41) is 16.3. The summed E-state index contributed by atoms with van der Waals surface area (Å²) in [7, 11) is 0. The van der Waals surface area contributed by atoms with Gasteiger partial charge in [-0.05, 0) is 24.3 Å². The smallest absolute Gasteiger partial charge is 0.257 e. The third kappa shape index (κ3) is 1.55. The molecule has 16 heavy (non-hydrogen) atoms. The van der Waals surface area contributed by atoms with Crippen LogP contribution in [-0.2, 0) is 0 Å². The van der Waals surface area contributed by atoms with Crippen LogP contribution >= 0.6 is 0 Å². The van der Waals surface area contributed by atoms with E-state index in [0.29, 0.717) is 11.8 Å². The van der Waals surface area contributed by atoms with Gasteiger partial charge < -0.3 is 14.9 Å². The zero-order chi connectivity index (χ0) is 11.0. The molecule has 82 valence electrons. The van der Waals surface area contributed by atoms with Crippen LogP contribution in [0, 0.1) is 0 Å². The van der Waals surface area contributed by atoms with E-state index >= 15 is 0 Å². The van der Waals surface area contributed by atoms with Crippen molar-refractivity contribution in [2.75, 3.05) is 13.1 Å². The lowest BCUT2D eigenvalue weighted by Crippen LogP contribution is -2.40. The van der Waals surface area contributed by atoms with Crippen LogP contribution in [0.2, 0.25) is 0 Å². The number of benzene rings is 1. The number of nitrogens with zero attached hydrogens (tertiary/aromatic N) is 2. The average molecular weight is 217 g/mol. The maximum absolute atomic E-state index is 9.17. The molecule has 2 aromatic rings. The van der Waals surface area contributed by atoms with Crippen LogP contribution in [0.15, 0.2) is 28.8 Å². The monoisotopic (exact) mass is 217 g/mol. The van der Waals surface area contributed by atoms with Crippen molar-refractivity contribution in [3.05, 3.63) is 30.1 Å². The number of aromatic nitrogens is 2. The molecule has 2 heterocycles. The van der Waals surface area contributed by atoms with Gasteiger partial charge in [-0.15, -0.1) is 0 Å². The highest BCUT2D eigenvalue weighted by Gasteiger charge is 2.24. The quantitative estimate of drug-likeness (QED) is 0.789. The Hall–Kier alpha value is -1.88. The van der Waals surface area contributed by atoms with Crippen molar-refractivity contribution < 1.29 is 9.63 Å². The first-order chi connectivity index (χ1) is 7.83. The van der Waals surface area contributed by atoms with E-state index in [-0.39, 0.29) is 5.75 Å².